The van der Waals surface area contributed by atoms with Crippen molar-refractivity contribution < 1.29 is 9.59 Å². The lowest BCUT2D eigenvalue weighted by Gasteiger charge is -2.03. The Kier molecular flexibility index (Phi) is 8.35. The quantitative estimate of drug-likeness (QED) is 0.197. The molecule has 0 unspecified atom stereocenters. The summed E-state index contributed by atoms with van der Waals surface area (Å²) in [5, 5.41) is 15.0. The van der Waals surface area contributed by atoms with Gasteiger partial charge in [0.1, 0.15) is 11.1 Å². The van der Waals surface area contributed by atoms with Crippen molar-refractivity contribution in [3.8, 4) is 11.4 Å². The standard InChI is InChI=1S/2C16H14N4O/c2*17-15(21)14-11-20(13-9-5-2-6-10-13)19-16(14)18-12-7-3-1-4-8-12/h2*1-11H,(H2,17,21)(H,18,19). The summed E-state index contributed by atoms with van der Waals surface area (Å²) in [5.74, 6) is -0.152. The molecule has 6 aromatic rings. The Morgan fingerprint density at radius 1 is 0.500 bits per heavy atom. The largest absolute Gasteiger partial charge is 0.365 e. The van der Waals surface area contributed by atoms with Crippen molar-refractivity contribution >= 4 is 34.8 Å². The highest BCUT2D eigenvalue weighted by atomic mass is 16.1. The molecule has 2 amide bonds. The minimum atomic E-state index is -0.518. The number of hydrogen-bond acceptors (Lipinski definition) is 6. The number of nitrogens with two attached hydrogens (primary N) is 2. The van der Waals surface area contributed by atoms with Gasteiger partial charge in [0.25, 0.3) is 11.8 Å². The Morgan fingerprint density at radius 2 is 0.810 bits per heavy atom. The summed E-state index contributed by atoms with van der Waals surface area (Å²) in [4.78, 5) is 23.2. The van der Waals surface area contributed by atoms with Crippen LogP contribution in [0, 0.1) is 0 Å². The van der Waals surface area contributed by atoms with Crippen molar-refractivity contribution in [2.24, 2.45) is 11.5 Å². The number of anilines is 4. The number of primary amides is 2. The zero-order valence-electron chi connectivity index (χ0n) is 22.5. The van der Waals surface area contributed by atoms with Crippen molar-refractivity contribution in [2.45, 2.75) is 0 Å². The summed E-state index contributed by atoms with van der Waals surface area (Å²) in [6, 6.07) is 38.1. The minimum Gasteiger partial charge on any atom is -0.365 e. The van der Waals surface area contributed by atoms with Crippen LogP contribution in [0.3, 0.4) is 0 Å². The highest BCUT2D eigenvalue weighted by Crippen LogP contribution is 2.22. The van der Waals surface area contributed by atoms with E-state index in [0.717, 1.165) is 22.7 Å². The van der Waals surface area contributed by atoms with Crippen LogP contribution in [0.2, 0.25) is 0 Å². The molecule has 208 valence electrons. The lowest BCUT2D eigenvalue weighted by atomic mass is 10.3. The van der Waals surface area contributed by atoms with Gasteiger partial charge in [0.15, 0.2) is 11.6 Å². The van der Waals surface area contributed by atoms with Crippen molar-refractivity contribution in [3.05, 3.63) is 145 Å². The maximum atomic E-state index is 11.6. The van der Waals surface area contributed by atoms with Gasteiger partial charge in [-0.25, -0.2) is 9.36 Å². The first kappa shape index (κ1) is 27.4. The Balaban J connectivity index is 0.000000168. The van der Waals surface area contributed by atoms with E-state index in [1.165, 1.54) is 0 Å². The molecular formula is C32H28N8O2. The van der Waals surface area contributed by atoms with E-state index in [-0.39, 0.29) is 0 Å². The van der Waals surface area contributed by atoms with Crippen molar-refractivity contribution in [1.82, 2.24) is 19.6 Å². The second-order valence-corrected chi connectivity index (χ2v) is 9.05. The van der Waals surface area contributed by atoms with Crippen LogP contribution in [0.5, 0.6) is 0 Å². The Hall–Kier alpha value is -6.16. The third-order valence-corrected chi connectivity index (χ3v) is 6.07. The number of aromatic nitrogens is 4. The molecule has 10 heteroatoms. The second kappa shape index (κ2) is 12.8. The predicted octanol–water partition coefficient (Wildman–Crippen LogP) is 5.43. The SMILES string of the molecule is NC(=O)c1cn(-c2ccccc2)nc1Nc1ccccc1.NC(=O)c1cn(-c2ccccc2)nc1Nc1ccccc1. The minimum absolute atomic E-state index is 0.350. The number of nitrogens with one attached hydrogen (secondary N) is 2. The maximum absolute atomic E-state index is 11.6. The molecule has 2 aromatic heterocycles. The second-order valence-electron chi connectivity index (χ2n) is 9.05. The first-order valence-electron chi connectivity index (χ1n) is 13.0. The van der Waals surface area contributed by atoms with Crippen LogP contribution in [0.15, 0.2) is 134 Å². The number of hydrogen-bond donors (Lipinski definition) is 4. The van der Waals surface area contributed by atoms with Gasteiger partial charge in [-0.2, -0.15) is 0 Å². The molecule has 0 aliphatic carbocycles. The molecule has 0 fully saturated rings. The van der Waals surface area contributed by atoms with E-state index in [1.807, 2.05) is 121 Å². The summed E-state index contributed by atoms with van der Waals surface area (Å²) >= 11 is 0. The number of para-hydroxylation sites is 4. The zero-order chi connectivity index (χ0) is 29.3. The van der Waals surface area contributed by atoms with Gasteiger partial charge in [-0.1, -0.05) is 72.8 Å². The van der Waals surface area contributed by atoms with Crippen molar-refractivity contribution in [3.63, 3.8) is 0 Å². The summed E-state index contributed by atoms with van der Waals surface area (Å²) in [7, 11) is 0. The fourth-order valence-corrected chi connectivity index (χ4v) is 4.04. The molecule has 0 aliphatic rings. The van der Waals surface area contributed by atoms with E-state index in [9.17, 15) is 9.59 Å². The predicted molar refractivity (Wildman–Crippen MR) is 164 cm³/mol. The summed E-state index contributed by atoms with van der Waals surface area (Å²) < 4.78 is 3.26. The topological polar surface area (TPSA) is 146 Å². The third kappa shape index (κ3) is 6.69. The van der Waals surface area contributed by atoms with Crippen LogP contribution in [-0.4, -0.2) is 31.4 Å². The summed E-state index contributed by atoms with van der Waals surface area (Å²) in [5.41, 5.74) is 15.0. The van der Waals surface area contributed by atoms with Gasteiger partial charge in [0, 0.05) is 23.8 Å². The van der Waals surface area contributed by atoms with Crippen LogP contribution in [0.4, 0.5) is 23.0 Å². The van der Waals surface area contributed by atoms with Crippen LogP contribution in [0.25, 0.3) is 11.4 Å². The monoisotopic (exact) mass is 556 g/mol. The number of benzene rings is 4. The summed E-state index contributed by atoms with van der Waals surface area (Å²) in [6.45, 7) is 0. The van der Waals surface area contributed by atoms with Crippen molar-refractivity contribution in [2.75, 3.05) is 10.6 Å². The average Bonchev–Trinajstić information content (AvgIpc) is 3.65. The fraction of sp³-hybridized carbons (Fsp3) is 0. The van der Waals surface area contributed by atoms with Crippen molar-refractivity contribution in [1.29, 1.82) is 0 Å². The van der Waals surface area contributed by atoms with Crippen LogP contribution >= 0.6 is 0 Å². The van der Waals surface area contributed by atoms with Gasteiger partial charge in [-0.05, 0) is 48.5 Å². The lowest BCUT2D eigenvalue weighted by Crippen LogP contribution is -2.12. The molecule has 6 N–H and O–H groups in total. The van der Waals surface area contributed by atoms with Gasteiger partial charge in [-0.3, -0.25) is 9.59 Å². The van der Waals surface area contributed by atoms with E-state index >= 15 is 0 Å². The van der Waals surface area contributed by atoms with Gasteiger partial charge in [0.2, 0.25) is 0 Å². The Labute approximate surface area is 242 Å². The van der Waals surface area contributed by atoms with Gasteiger partial charge >= 0.3 is 0 Å². The molecule has 0 spiro atoms. The molecule has 0 aliphatic heterocycles. The molecule has 0 radical (unpaired) electrons. The Bertz CT molecular complexity index is 1630. The van der Waals surface area contributed by atoms with Crippen LogP contribution in [-0.2, 0) is 0 Å². The molecule has 0 saturated heterocycles. The first-order chi connectivity index (χ1) is 20.5. The normalized spacial score (nSPS) is 10.3. The number of rotatable bonds is 8. The smallest absolute Gasteiger partial charge is 0.254 e. The van der Waals surface area contributed by atoms with Gasteiger partial charge in [0.05, 0.1) is 11.4 Å². The number of carbonyl (C=O) groups is 2. The molecule has 2 heterocycles. The van der Waals surface area contributed by atoms with E-state index in [0.29, 0.717) is 22.8 Å². The number of amides is 2. The highest BCUT2D eigenvalue weighted by molar-refractivity contribution is 5.98. The molecule has 0 atom stereocenters. The molecule has 6 rings (SSSR count). The third-order valence-electron chi connectivity index (χ3n) is 6.07. The van der Waals surface area contributed by atoms with Crippen LogP contribution in [0.1, 0.15) is 20.7 Å². The molecule has 4 aromatic carbocycles. The molecule has 0 bridgehead atoms. The van der Waals surface area contributed by atoms with E-state index in [1.54, 1.807) is 21.8 Å². The van der Waals surface area contributed by atoms with Gasteiger partial charge < -0.3 is 22.1 Å². The lowest BCUT2D eigenvalue weighted by molar-refractivity contribution is 0.0992. The van der Waals surface area contributed by atoms with E-state index < -0.39 is 11.8 Å². The zero-order valence-corrected chi connectivity index (χ0v) is 22.5. The molecule has 42 heavy (non-hydrogen) atoms. The molecule has 10 nitrogen and oxygen atoms in total. The average molecular weight is 557 g/mol. The van der Waals surface area contributed by atoms with Gasteiger partial charge in [-0.15, -0.1) is 10.2 Å². The number of carbonyl (C=O) groups excluding carboxylic acids is 2. The molecular weight excluding hydrogens is 528 g/mol. The summed E-state index contributed by atoms with van der Waals surface area (Å²) in [6.07, 6.45) is 3.26. The Morgan fingerprint density at radius 3 is 1.12 bits per heavy atom. The highest BCUT2D eigenvalue weighted by Gasteiger charge is 2.16. The number of nitrogens with zero attached hydrogens (tertiary/aromatic N) is 4. The van der Waals surface area contributed by atoms with E-state index in [4.69, 9.17) is 11.5 Å². The molecule has 0 saturated carbocycles. The maximum Gasteiger partial charge on any atom is 0.254 e. The van der Waals surface area contributed by atoms with Crippen LogP contribution < -0.4 is 22.1 Å². The fourth-order valence-electron chi connectivity index (χ4n) is 4.04. The van der Waals surface area contributed by atoms with E-state index in [2.05, 4.69) is 20.8 Å². The first-order valence-corrected chi connectivity index (χ1v) is 13.0.